The number of hydrogen-bond donors (Lipinski definition) is 8. The molecule has 0 bridgehead atoms. The Morgan fingerprint density at radius 2 is 0.880 bits per heavy atom. The van der Waals surface area contributed by atoms with Crippen molar-refractivity contribution < 1.29 is 66.0 Å². The molecule has 0 saturated carbocycles. The number of hydrogen-bond acceptors (Lipinski definition) is 11. The van der Waals surface area contributed by atoms with Crippen molar-refractivity contribution in [2.24, 2.45) is 0 Å². The summed E-state index contributed by atoms with van der Waals surface area (Å²) in [7, 11) is 0. The Morgan fingerprint density at radius 1 is 0.560 bits per heavy atom. The first-order chi connectivity index (χ1) is 10.8. The largest absolute Gasteiger partial charge is 0.412 e. The smallest absolute Gasteiger partial charge is 0.189 e. The molecule has 0 unspecified atom stereocenters. The van der Waals surface area contributed by atoms with Gasteiger partial charge in [-0.1, -0.05) is 0 Å². The molecule has 0 aromatic rings. The molecule has 2 aliphatic rings. The molecule has 25 heavy (non-hydrogen) atoms. The highest BCUT2D eigenvalue weighted by molar-refractivity contribution is 4.92. The fourth-order valence-corrected chi connectivity index (χ4v) is 2.49. The Labute approximate surface area is 141 Å². The van der Waals surface area contributed by atoms with E-state index in [9.17, 15) is 30.6 Å². The van der Waals surface area contributed by atoms with E-state index in [1.54, 1.807) is 0 Å². The summed E-state index contributed by atoms with van der Waals surface area (Å²) in [6.45, 7) is -1.33. The summed E-state index contributed by atoms with van der Waals surface area (Å²) in [5.41, 5.74) is 0. The average Bonchev–Trinajstić information content (AvgIpc) is 2.55. The van der Waals surface area contributed by atoms with Gasteiger partial charge < -0.3 is 66.0 Å². The van der Waals surface area contributed by atoms with Crippen LogP contribution in [0.15, 0.2) is 0 Å². The topological polar surface area (TPSA) is 253 Å². The van der Waals surface area contributed by atoms with Crippen LogP contribution >= 0.6 is 0 Å². The van der Waals surface area contributed by atoms with E-state index < -0.39 is 74.6 Å². The normalized spacial score (nSPS) is 47.5. The third-order valence-corrected chi connectivity index (χ3v) is 3.97. The molecule has 0 radical (unpaired) electrons. The molecule has 2 fully saturated rings. The molecular formula is C12H26O13. The van der Waals surface area contributed by atoms with E-state index in [1.807, 2.05) is 0 Å². The van der Waals surface area contributed by atoms with Gasteiger partial charge in [-0.25, -0.2) is 0 Å². The van der Waals surface area contributed by atoms with Crippen LogP contribution in [-0.2, 0) is 14.2 Å². The molecule has 2 rings (SSSR count). The van der Waals surface area contributed by atoms with Gasteiger partial charge in [-0.05, 0) is 0 Å². The number of aliphatic hydroxyl groups excluding tert-OH is 8. The van der Waals surface area contributed by atoms with E-state index in [0.29, 0.717) is 0 Å². The van der Waals surface area contributed by atoms with E-state index >= 15 is 0 Å². The molecule has 12 N–H and O–H groups in total. The van der Waals surface area contributed by atoms with Gasteiger partial charge in [-0.2, -0.15) is 0 Å². The van der Waals surface area contributed by atoms with Crippen molar-refractivity contribution in [3.05, 3.63) is 0 Å². The van der Waals surface area contributed by atoms with E-state index in [4.69, 9.17) is 24.4 Å². The molecular weight excluding hydrogens is 352 g/mol. The SMILES string of the molecule is O.O.OC[C@@H]1O[C@@H](O[C@@H]2O[C@@H](CO)[C@@H](O)[C@@H](O)[C@@H]2O)[C@@H](O)[C@H](O)[C@@H]1O. The minimum Gasteiger partial charge on any atom is -0.412 e. The molecule has 0 aromatic heterocycles. The second-order valence-electron chi connectivity index (χ2n) is 5.53. The molecule has 13 heteroatoms. The summed E-state index contributed by atoms with van der Waals surface area (Å²) >= 11 is 0. The van der Waals surface area contributed by atoms with E-state index in [0.717, 1.165) is 0 Å². The van der Waals surface area contributed by atoms with Crippen LogP contribution in [0.5, 0.6) is 0 Å². The summed E-state index contributed by atoms with van der Waals surface area (Å²) in [6, 6.07) is 0. The molecule has 0 amide bonds. The average molecular weight is 378 g/mol. The highest BCUT2D eigenvalue weighted by Crippen LogP contribution is 2.27. The van der Waals surface area contributed by atoms with Gasteiger partial charge in [0.2, 0.25) is 0 Å². The van der Waals surface area contributed by atoms with E-state index in [-0.39, 0.29) is 11.0 Å². The van der Waals surface area contributed by atoms with Gasteiger partial charge in [0.05, 0.1) is 13.2 Å². The van der Waals surface area contributed by atoms with Gasteiger partial charge in [-0.3, -0.25) is 0 Å². The lowest BCUT2D eigenvalue weighted by Crippen LogP contribution is -2.63. The zero-order valence-electron chi connectivity index (χ0n) is 13.0. The van der Waals surface area contributed by atoms with Gasteiger partial charge in [-0.15, -0.1) is 0 Å². The maximum atomic E-state index is 9.84. The van der Waals surface area contributed by atoms with Gasteiger partial charge in [0.25, 0.3) is 0 Å². The van der Waals surface area contributed by atoms with E-state index in [1.165, 1.54) is 0 Å². The quantitative estimate of drug-likeness (QED) is 0.228. The van der Waals surface area contributed by atoms with Crippen LogP contribution in [0.1, 0.15) is 0 Å². The summed E-state index contributed by atoms with van der Waals surface area (Å²) in [5.74, 6) is 0. The Balaban J connectivity index is 0.00000288. The van der Waals surface area contributed by atoms with Crippen molar-refractivity contribution in [2.75, 3.05) is 13.2 Å². The maximum absolute atomic E-state index is 9.84. The molecule has 13 nitrogen and oxygen atoms in total. The fraction of sp³-hybridized carbons (Fsp3) is 1.00. The Morgan fingerprint density at radius 3 is 1.16 bits per heavy atom. The highest BCUT2D eigenvalue weighted by Gasteiger charge is 2.49. The van der Waals surface area contributed by atoms with Crippen LogP contribution in [0, 0.1) is 0 Å². The first kappa shape index (κ1) is 24.5. The Hall–Kier alpha value is -0.520. The van der Waals surface area contributed by atoms with Crippen LogP contribution in [0.25, 0.3) is 0 Å². The van der Waals surface area contributed by atoms with Gasteiger partial charge in [0.1, 0.15) is 48.8 Å². The lowest BCUT2D eigenvalue weighted by Gasteiger charge is -2.44. The van der Waals surface area contributed by atoms with Crippen LogP contribution < -0.4 is 0 Å². The standard InChI is InChI=1S/C12H22O11.2H2O/c13-1-3-5(15)7(17)9(19)11(21-3)23-12-10(20)8(18)6(16)4(2-14)22-12;;/h3-20H,1-2H2;2*1H2/t3-,4-,5+,6+,7+,8+,9-,10-,11-,12-;;/m0../s1. The van der Waals surface area contributed by atoms with Crippen LogP contribution in [-0.4, -0.2) is 126 Å². The predicted molar refractivity (Wildman–Crippen MR) is 75.8 cm³/mol. The first-order valence-corrected chi connectivity index (χ1v) is 7.08. The van der Waals surface area contributed by atoms with Crippen LogP contribution in [0.2, 0.25) is 0 Å². The number of rotatable bonds is 4. The summed E-state index contributed by atoms with van der Waals surface area (Å²) < 4.78 is 15.3. The van der Waals surface area contributed by atoms with E-state index in [2.05, 4.69) is 0 Å². The zero-order chi connectivity index (χ0) is 17.3. The first-order valence-electron chi connectivity index (χ1n) is 7.08. The number of aliphatic hydroxyl groups is 8. The summed E-state index contributed by atoms with van der Waals surface area (Å²) in [6.07, 6.45) is -15.6. The second-order valence-corrected chi connectivity index (χ2v) is 5.53. The lowest BCUT2D eigenvalue weighted by molar-refractivity contribution is -0.376. The zero-order valence-corrected chi connectivity index (χ0v) is 13.0. The Kier molecular flexibility index (Phi) is 9.77. The summed E-state index contributed by atoms with van der Waals surface area (Å²) in [4.78, 5) is 0. The maximum Gasteiger partial charge on any atom is 0.189 e. The highest BCUT2D eigenvalue weighted by atomic mass is 16.8. The van der Waals surface area contributed by atoms with Gasteiger partial charge >= 0.3 is 0 Å². The van der Waals surface area contributed by atoms with Crippen molar-refractivity contribution in [3.8, 4) is 0 Å². The molecule has 0 spiro atoms. The second kappa shape index (κ2) is 9.98. The third-order valence-electron chi connectivity index (χ3n) is 3.97. The van der Waals surface area contributed by atoms with Crippen molar-refractivity contribution in [2.45, 2.75) is 61.4 Å². The van der Waals surface area contributed by atoms with Gasteiger partial charge in [0.15, 0.2) is 12.6 Å². The minimum absolute atomic E-state index is 0. The molecule has 10 atom stereocenters. The van der Waals surface area contributed by atoms with Crippen molar-refractivity contribution in [3.63, 3.8) is 0 Å². The molecule has 0 aromatic carbocycles. The van der Waals surface area contributed by atoms with Crippen LogP contribution in [0.3, 0.4) is 0 Å². The molecule has 2 heterocycles. The van der Waals surface area contributed by atoms with Crippen molar-refractivity contribution in [1.29, 1.82) is 0 Å². The van der Waals surface area contributed by atoms with Crippen molar-refractivity contribution in [1.82, 2.24) is 0 Å². The van der Waals surface area contributed by atoms with Crippen molar-refractivity contribution >= 4 is 0 Å². The lowest BCUT2D eigenvalue weighted by atomic mass is 9.98. The van der Waals surface area contributed by atoms with Gasteiger partial charge in [0, 0.05) is 0 Å². The predicted octanol–water partition coefficient (Wildman–Crippen LogP) is -7.05. The molecule has 0 aliphatic carbocycles. The Bertz CT molecular complexity index is 346. The molecule has 2 aliphatic heterocycles. The fourth-order valence-electron chi connectivity index (χ4n) is 2.49. The third kappa shape index (κ3) is 4.81. The molecule has 2 saturated heterocycles. The minimum atomic E-state index is -1.72. The molecule has 152 valence electrons. The van der Waals surface area contributed by atoms with Crippen LogP contribution in [0.4, 0.5) is 0 Å². The number of ether oxygens (including phenoxy) is 3. The summed E-state index contributed by atoms with van der Waals surface area (Å²) in [5, 5.41) is 76.4. The monoisotopic (exact) mass is 378 g/mol.